The summed E-state index contributed by atoms with van der Waals surface area (Å²) in [6.07, 6.45) is 0. The molecule has 0 amide bonds. The van der Waals surface area contributed by atoms with E-state index in [0.29, 0.717) is 10.7 Å². The number of aryl methyl sites for hydroxylation is 1. The van der Waals surface area contributed by atoms with Gasteiger partial charge in [0.05, 0.1) is 9.90 Å². The van der Waals surface area contributed by atoms with E-state index < -0.39 is 5.97 Å². The van der Waals surface area contributed by atoms with Crippen molar-refractivity contribution >= 4 is 28.9 Å². The van der Waals surface area contributed by atoms with Crippen LogP contribution in [0.4, 0.5) is 0 Å². The Kier molecular flexibility index (Phi) is 2.50. The molecule has 2 aromatic heterocycles. The monoisotopic (exact) mass is 242 g/mol. The fourth-order valence-electron chi connectivity index (χ4n) is 1.24. The van der Waals surface area contributed by atoms with E-state index in [-0.39, 0.29) is 5.69 Å². The summed E-state index contributed by atoms with van der Waals surface area (Å²) in [5.41, 5.74) is 0.793. The fourth-order valence-corrected chi connectivity index (χ4v) is 2.27. The summed E-state index contributed by atoms with van der Waals surface area (Å²) in [5, 5.41) is 15.4. The van der Waals surface area contributed by atoms with Crippen LogP contribution in [0.15, 0.2) is 17.5 Å². The molecule has 2 heterocycles. The molecule has 1 N–H and O–H groups in total. The molecule has 2 aromatic rings. The van der Waals surface area contributed by atoms with Crippen LogP contribution >= 0.6 is 22.9 Å². The Morgan fingerprint density at radius 1 is 1.60 bits per heavy atom. The second-order valence-electron chi connectivity index (χ2n) is 2.97. The number of aromatic nitrogens is 2. The molecule has 0 spiro atoms. The molecule has 0 saturated heterocycles. The molecule has 0 saturated carbocycles. The van der Waals surface area contributed by atoms with Crippen LogP contribution in [0.3, 0.4) is 0 Å². The molecule has 0 aliphatic carbocycles. The van der Waals surface area contributed by atoms with Crippen molar-refractivity contribution < 1.29 is 9.90 Å². The number of hydrogen-bond acceptors (Lipinski definition) is 3. The zero-order valence-electron chi connectivity index (χ0n) is 7.77. The third-order valence-corrected chi connectivity index (χ3v) is 3.22. The second kappa shape index (κ2) is 3.67. The van der Waals surface area contributed by atoms with E-state index in [4.69, 9.17) is 16.7 Å². The van der Waals surface area contributed by atoms with Crippen molar-refractivity contribution in [3.05, 3.63) is 28.2 Å². The molecule has 4 nitrogen and oxygen atoms in total. The van der Waals surface area contributed by atoms with Gasteiger partial charge >= 0.3 is 5.97 Å². The number of carboxylic acid groups (broad SMARTS) is 1. The average Bonchev–Trinajstić information content (AvgIpc) is 2.71. The van der Waals surface area contributed by atoms with E-state index in [1.807, 2.05) is 0 Å². The van der Waals surface area contributed by atoms with Crippen molar-refractivity contribution in [1.29, 1.82) is 0 Å². The molecule has 0 atom stereocenters. The first-order chi connectivity index (χ1) is 7.08. The van der Waals surface area contributed by atoms with E-state index in [0.717, 1.165) is 4.88 Å². The number of rotatable bonds is 2. The van der Waals surface area contributed by atoms with Crippen LogP contribution in [0, 0.1) is 0 Å². The molecule has 0 aliphatic rings. The molecule has 0 radical (unpaired) electrons. The summed E-state index contributed by atoms with van der Waals surface area (Å²) in [6.45, 7) is 0. The lowest BCUT2D eigenvalue weighted by Crippen LogP contribution is -2.04. The standard InChI is InChI=1S/C9H7ClN2O2S/c1-12-7(9(13)14)3-6(11-12)8-2-5(10)4-15-8/h2-4H,1H3,(H,13,14). The molecule has 0 fully saturated rings. The summed E-state index contributed by atoms with van der Waals surface area (Å²) >= 11 is 7.21. The Morgan fingerprint density at radius 3 is 2.80 bits per heavy atom. The van der Waals surface area contributed by atoms with Crippen molar-refractivity contribution in [3.8, 4) is 10.6 Å². The van der Waals surface area contributed by atoms with Crippen molar-refractivity contribution in [2.45, 2.75) is 0 Å². The molecule has 0 bridgehead atoms. The van der Waals surface area contributed by atoms with Gasteiger partial charge in [0, 0.05) is 12.4 Å². The van der Waals surface area contributed by atoms with Crippen molar-refractivity contribution in [1.82, 2.24) is 9.78 Å². The normalized spacial score (nSPS) is 10.5. The van der Waals surface area contributed by atoms with Gasteiger partial charge in [0.2, 0.25) is 0 Å². The summed E-state index contributed by atoms with van der Waals surface area (Å²) in [4.78, 5) is 11.7. The molecule has 0 unspecified atom stereocenters. The number of halogens is 1. The highest BCUT2D eigenvalue weighted by atomic mass is 35.5. The summed E-state index contributed by atoms with van der Waals surface area (Å²) in [6, 6.07) is 3.30. The van der Waals surface area contributed by atoms with Gasteiger partial charge in [-0.1, -0.05) is 11.6 Å². The van der Waals surface area contributed by atoms with E-state index >= 15 is 0 Å². The smallest absolute Gasteiger partial charge is 0.354 e. The predicted octanol–water partition coefficient (Wildman–Crippen LogP) is 2.50. The Labute approximate surface area is 94.7 Å². The molecule has 0 aliphatic heterocycles. The maximum absolute atomic E-state index is 10.8. The van der Waals surface area contributed by atoms with Gasteiger partial charge in [-0.25, -0.2) is 4.79 Å². The van der Waals surface area contributed by atoms with Crippen LogP contribution in [0.25, 0.3) is 10.6 Å². The molecule has 78 valence electrons. The minimum atomic E-state index is -0.987. The Hall–Kier alpha value is -1.33. The van der Waals surface area contributed by atoms with Gasteiger partial charge < -0.3 is 5.11 Å². The summed E-state index contributed by atoms with van der Waals surface area (Å²) in [7, 11) is 1.60. The fraction of sp³-hybridized carbons (Fsp3) is 0.111. The lowest BCUT2D eigenvalue weighted by molar-refractivity contribution is 0.0685. The molecule has 15 heavy (non-hydrogen) atoms. The van der Waals surface area contributed by atoms with Crippen LogP contribution in [0.1, 0.15) is 10.5 Å². The molecule has 0 aromatic carbocycles. The quantitative estimate of drug-likeness (QED) is 0.880. The average molecular weight is 243 g/mol. The number of carboxylic acids is 1. The third kappa shape index (κ3) is 1.88. The highest BCUT2D eigenvalue weighted by Crippen LogP contribution is 2.28. The van der Waals surface area contributed by atoms with Gasteiger partial charge in [0.15, 0.2) is 0 Å². The molecular weight excluding hydrogens is 236 g/mol. The van der Waals surface area contributed by atoms with Crippen molar-refractivity contribution in [2.24, 2.45) is 7.05 Å². The third-order valence-electron chi connectivity index (χ3n) is 1.92. The first kappa shape index (κ1) is 10.2. The van der Waals surface area contributed by atoms with Crippen LogP contribution in [0.5, 0.6) is 0 Å². The van der Waals surface area contributed by atoms with E-state index in [1.54, 1.807) is 18.5 Å². The van der Waals surface area contributed by atoms with Gasteiger partial charge in [-0.15, -0.1) is 11.3 Å². The SMILES string of the molecule is Cn1nc(-c2cc(Cl)cs2)cc1C(=O)O. The minimum Gasteiger partial charge on any atom is -0.477 e. The highest BCUT2D eigenvalue weighted by Gasteiger charge is 2.13. The Bertz CT molecular complexity index is 518. The first-order valence-corrected chi connectivity index (χ1v) is 5.35. The lowest BCUT2D eigenvalue weighted by atomic mass is 10.3. The largest absolute Gasteiger partial charge is 0.477 e. The van der Waals surface area contributed by atoms with E-state index in [1.165, 1.54) is 22.1 Å². The van der Waals surface area contributed by atoms with E-state index in [2.05, 4.69) is 5.10 Å². The van der Waals surface area contributed by atoms with E-state index in [9.17, 15) is 4.79 Å². The van der Waals surface area contributed by atoms with Crippen molar-refractivity contribution in [2.75, 3.05) is 0 Å². The van der Waals surface area contributed by atoms with Crippen molar-refractivity contribution in [3.63, 3.8) is 0 Å². The first-order valence-electron chi connectivity index (χ1n) is 4.09. The number of carbonyl (C=O) groups is 1. The zero-order valence-corrected chi connectivity index (χ0v) is 9.34. The Morgan fingerprint density at radius 2 is 2.33 bits per heavy atom. The number of thiophene rings is 1. The second-order valence-corrected chi connectivity index (χ2v) is 4.32. The summed E-state index contributed by atoms with van der Waals surface area (Å²) in [5.74, 6) is -0.987. The zero-order chi connectivity index (χ0) is 11.0. The number of hydrogen-bond donors (Lipinski definition) is 1. The topological polar surface area (TPSA) is 55.1 Å². The highest BCUT2D eigenvalue weighted by molar-refractivity contribution is 7.14. The molecule has 6 heteroatoms. The van der Waals surface area contributed by atoms with Gasteiger partial charge in [-0.2, -0.15) is 5.10 Å². The molecule has 2 rings (SSSR count). The number of aromatic carboxylic acids is 1. The van der Waals surface area contributed by atoms with Crippen LogP contribution in [-0.4, -0.2) is 20.9 Å². The van der Waals surface area contributed by atoms with Gasteiger partial charge in [0.25, 0.3) is 0 Å². The number of nitrogens with zero attached hydrogens (tertiary/aromatic N) is 2. The van der Waals surface area contributed by atoms with Crippen LogP contribution in [-0.2, 0) is 7.05 Å². The van der Waals surface area contributed by atoms with Gasteiger partial charge in [-0.05, 0) is 12.1 Å². The maximum Gasteiger partial charge on any atom is 0.354 e. The summed E-state index contributed by atoms with van der Waals surface area (Å²) < 4.78 is 1.34. The predicted molar refractivity (Wildman–Crippen MR) is 58.5 cm³/mol. The minimum absolute atomic E-state index is 0.162. The van der Waals surface area contributed by atoms with Gasteiger partial charge in [0.1, 0.15) is 11.4 Å². The van der Waals surface area contributed by atoms with Gasteiger partial charge in [-0.3, -0.25) is 4.68 Å². The molecular formula is C9H7ClN2O2S. The lowest BCUT2D eigenvalue weighted by Gasteiger charge is -1.91. The van der Waals surface area contributed by atoms with Crippen LogP contribution < -0.4 is 0 Å². The van der Waals surface area contributed by atoms with Crippen LogP contribution in [0.2, 0.25) is 5.02 Å². The maximum atomic E-state index is 10.8. The Balaban J connectivity index is 2.46.